The molecule has 0 aromatic heterocycles. The molecule has 0 nitrogen and oxygen atoms in total. The van der Waals surface area contributed by atoms with E-state index in [9.17, 15) is 0 Å². The van der Waals surface area contributed by atoms with E-state index in [1.54, 1.807) is 0 Å². The van der Waals surface area contributed by atoms with Crippen LogP contribution in [-0.4, -0.2) is 0 Å². The SMILES string of the molecule is C1CCCCC1.[Ar]. The van der Waals surface area contributed by atoms with E-state index in [0.29, 0.717) is 0 Å². The van der Waals surface area contributed by atoms with Gasteiger partial charge in [-0.25, -0.2) is 0 Å². The predicted octanol–water partition coefficient (Wildman–Crippen LogP) is 2.34. The molecule has 0 atom stereocenters. The fraction of sp³-hybridized carbons (Fsp3) is 1.00. The molecular weight excluding hydrogens is 112 g/mol. The summed E-state index contributed by atoms with van der Waals surface area (Å²) in [6.07, 6.45) is 9.00. The van der Waals surface area contributed by atoms with Crippen LogP contribution in [0.3, 0.4) is 0 Å². The zero-order valence-electron chi connectivity index (χ0n) is 4.60. The summed E-state index contributed by atoms with van der Waals surface area (Å²) < 4.78 is 0. The maximum Gasteiger partial charge on any atom is 0 e. The van der Waals surface area contributed by atoms with E-state index in [1.807, 2.05) is 0 Å². The van der Waals surface area contributed by atoms with Crippen molar-refractivity contribution in [2.45, 2.75) is 38.5 Å². The normalized spacial score (nSPS) is 20.6. The summed E-state index contributed by atoms with van der Waals surface area (Å²) in [5.74, 6) is 0. The Labute approximate surface area is 75.7 Å². The Balaban J connectivity index is 0.000000360. The van der Waals surface area contributed by atoms with Crippen LogP contribution in [-0.2, 0) is 0 Å². The molecule has 1 aliphatic rings. The van der Waals surface area contributed by atoms with Gasteiger partial charge in [-0.3, -0.25) is 0 Å². The van der Waals surface area contributed by atoms with E-state index in [0.717, 1.165) is 0 Å². The van der Waals surface area contributed by atoms with Crippen molar-refractivity contribution in [1.82, 2.24) is 0 Å². The van der Waals surface area contributed by atoms with Gasteiger partial charge in [0.25, 0.3) is 0 Å². The van der Waals surface area contributed by atoms with Crippen LogP contribution in [0, 0.1) is 37.7 Å². The molecule has 0 aromatic carbocycles. The fourth-order valence-corrected chi connectivity index (χ4v) is 1.06. The van der Waals surface area contributed by atoms with Gasteiger partial charge in [0.05, 0.1) is 0 Å². The van der Waals surface area contributed by atoms with Gasteiger partial charge in [-0.2, -0.15) is 0 Å². The molecule has 7 heavy (non-hydrogen) atoms. The number of hydrogen-bond donors (Lipinski definition) is 0. The molecule has 0 N–H and O–H groups in total. The van der Waals surface area contributed by atoms with Crippen molar-refractivity contribution in [3.63, 3.8) is 0 Å². The smallest absolute Gasteiger partial charge is 0 e. The first-order chi connectivity index (χ1) is 3.00. The second kappa shape index (κ2) is 5.40. The first-order valence-electron chi connectivity index (χ1n) is 3.00. The number of hydrogen-bond acceptors (Lipinski definition) is 0. The van der Waals surface area contributed by atoms with Gasteiger partial charge in [0.2, 0.25) is 0 Å². The first-order valence-corrected chi connectivity index (χ1v) is 3.00. The Bertz CT molecular complexity index is 19.7. The van der Waals surface area contributed by atoms with Gasteiger partial charge in [0.1, 0.15) is 0 Å². The van der Waals surface area contributed by atoms with Gasteiger partial charge in [-0.05, 0) is 0 Å². The van der Waals surface area contributed by atoms with Crippen LogP contribution in [0.25, 0.3) is 0 Å². The quantitative estimate of drug-likeness (QED) is 0.465. The molecule has 1 aliphatic carbocycles. The third kappa shape index (κ3) is 3.81. The van der Waals surface area contributed by atoms with E-state index >= 15 is 0 Å². The summed E-state index contributed by atoms with van der Waals surface area (Å²) in [4.78, 5) is 0. The van der Waals surface area contributed by atoms with E-state index in [-0.39, 0.29) is 37.7 Å². The van der Waals surface area contributed by atoms with Gasteiger partial charge >= 0.3 is 0 Å². The van der Waals surface area contributed by atoms with Crippen LogP contribution in [0.2, 0.25) is 0 Å². The Morgan fingerprint density at radius 1 is 0.429 bits per heavy atom. The molecule has 0 radical (unpaired) electrons. The second-order valence-corrected chi connectivity index (χ2v) is 2.12. The first kappa shape index (κ1) is 8.26. The Morgan fingerprint density at radius 2 is 0.571 bits per heavy atom. The van der Waals surface area contributed by atoms with Crippen molar-refractivity contribution in [2.75, 3.05) is 0 Å². The summed E-state index contributed by atoms with van der Waals surface area (Å²) in [7, 11) is 0. The molecule has 0 aromatic rings. The van der Waals surface area contributed by atoms with Crippen LogP contribution >= 0.6 is 0 Å². The minimum absolute atomic E-state index is 0. The van der Waals surface area contributed by atoms with E-state index in [4.69, 9.17) is 0 Å². The zero-order chi connectivity index (χ0) is 4.24. The van der Waals surface area contributed by atoms with Crippen LogP contribution in [0.1, 0.15) is 38.5 Å². The topological polar surface area (TPSA) is 0 Å². The molecule has 1 saturated carbocycles. The maximum atomic E-state index is 1.50. The van der Waals surface area contributed by atoms with E-state index < -0.39 is 0 Å². The van der Waals surface area contributed by atoms with Crippen LogP contribution < -0.4 is 0 Å². The minimum atomic E-state index is 0. The van der Waals surface area contributed by atoms with E-state index in [2.05, 4.69) is 0 Å². The summed E-state index contributed by atoms with van der Waals surface area (Å²) in [5.41, 5.74) is 0. The molecule has 1 fully saturated rings. The predicted molar refractivity (Wildman–Crippen MR) is 27.7 cm³/mol. The molecular formula is C6H12Ar. The Morgan fingerprint density at radius 3 is 0.714 bits per heavy atom. The van der Waals surface area contributed by atoms with Gasteiger partial charge in [-0.1, -0.05) is 38.5 Å². The van der Waals surface area contributed by atoms with Crippen molar-refractivity contribution >= 4 is 0 Å². The summed E-state index contributed by atoms with van der Waals surface area (Å²) in [6, 6.07) is 0. The van der Waals surface area contributed by atoms with Crippen molar-refractivity contribution in [1.29, 1.82) is 0 Å². The van der Waals surface area contributed by atoms with E-state index in [1.165, 1.54) is 38.5 Å². The van der Waals surface area contributed by atoms with Crippen molar-refractivity contribution < 1.29 is 37.7 Å². The van der Waals surface area contributed by atoms with Crippen molar-refractivity contribution in [3.05, 3.63) is 0 Å². The molecule has 0 spiro atoms. The van der Waals surface area contributed by atoms with Gasteiger partial charge in [-0.15, -0.1) is 0 Å². The molecule has 0 bridgehead atoms. The number of rotatable bonds is 0. The van der Waals surface area contributed by atoms with Gasteiger partial charge in [0.15, 0.2) is 0 Å². The molecule has 1 heteroatoms. The average Bonchev–Trinajstić information content (AvgIpc) is 1.72. The molecule has 0 saturated heterocycles. The Kier molecular flexibility index (Phi) is 6.37. The zero-order valence-corrected chi connectivity index (χ0v) is 5.30. The summed E-state index contributed by atoms with van der Waals surface area (Å²) in [5, 5.41) is 0. The molecule has 1 rings (SSSR count). The largest absolute Gasteiger partial charge is 0.0533 e. The monoisotopic (exact) mass is 124 g/mol. The van der Waals surface area contributed by atoms with Gasteiger partial charge in [0, 0.05) is 37.7 Å². The van der Waals surface area contributed by atoms with Crippen LogP contribution in [0.15, 0.2) is 0 Å². The molecule has 44 valence electrons. The Hall–Kier alpha value is 1.26. The maximum absolute atomic E-state index is 1.50. The average molecular weight is 124 g/mol. The summed E-state index contributed by atoms with van der Waals surface area (Å²) >= 11 is 0. The molecule has 0 heterocycles. The second-order valence-electron chi connectivity index (χ2n) is 2.12. The van der Waals surface area contributed by atoms with Crippen molar-refractivity contribution in [3.8, 4) is 0 Å². The third-order valence-electron chi connectivity index (χ3n) is 1.50. The third-order valence-corrected chi connectivity index (χ3v) is 1.50. The van der Waals surface area contributed by atoms with Crippen LogP contribution in [0.5, 0.6) is 0 Å². The molecule has 0 amide bonds. The summed E-state index contributed by atoms with van der Waals surface area (Å²) in [6.45, 7) is 0. The standard InChI is InChI=1S/C6H12.Ar/c1-2-4-6-5-3-1;/h1-6H2;. The molecule has 0 unspecified atom stereocenters. The fourth-order valence-electron chi connectivity index (χ4n) is 1.06. The van der Waals surface area contributed by atoms with Crippen molar-refractivity contribution in [2.24, 2.45) is 0 Å². The van der Waals surface area contributed by atoms with Gasteiger partial charge < -0.3 is 0 Å². The molecule has 0 aliphatic heterocycles. The minimum Gasteiger partial charge on any atom is -0.0533 e. The van der Waals surface area contributed by atoms with Crippen LogP contribution in [0.4, 0.5) is 0 Å².